The summed E-state index contributed by atoms with van der Waals surface area (Å²) in [7, 11) is 0. The lowest BCUT2D eigenvalue weighted by molar-refractivity contribution is -0.137. The van der Waals surface area contributed by atoms with Crippen LogP contribution >= 0.6 is 0 Å². The zero-order valence-electron chi connectivity index (χ0n) is 16.1. The average molecular weight is 406 g/mol. The number of pyridine rings is 1. The van der Waals surface area contributed by atoms with E-state index in [0.29, 0.717) is 24.5 Å². The molecule has 1 aliphatic carbocycles. The number of hydrogen-bond donors (Lipinski definition) is 0. The molecule has 0 spiro atoms. The average Bonchev–Trinajstić information content (AvgIpc) is 3.27. The van der Waals surface area contributed by atoms with Crippen molar-refractivity contribution in [2.75, 3.05) is 6.54 Å². The highest BCUT2D eigenvalue weighted by Crippen LogP contribution is 2.42. The van der Waals surface area contributed by atoms with Crippen LogP contribution in [0.1, 0.15) is 55.2 Å². The second-order valence-corrected chi connectivity index (χ2v) is 7.97. The maximum Gasteiger partial charge on any atom is 0.416 e. The molecule has 0 bridgehead atoms. The number of alkyl halides is 3. The highest BCUT2D eigenvalue weighted by atomic mass is 19.4. The Bertz CT molecular complexity index is 941. The third-order valence-electron chi connectivity index (χ3n) is 6.15. The van der Waals surface area contributed by atoms with Crippen molar-refractivity contribution in [2.24, 2.45) is 0 Å². The van der Waals surface area contributed by atoms with Crippen LogP contribution in [0.2, 0.25) is 0 Å². The van der Waals surface area contributed by atoms with E-state index in [1.165, 1.54) is 12.3 Å². The van der Waals surface area contributed by atoms with E-state index in [2.05, 4.69) is 11.9 Å². The van der Waals surface area contributed by atoms with E-state index >= 15 is 0 Å². The highest BCUT2D eigenvalue weighted by molar-refractivity contribution is 5.78. The molecular weight excluding hydrogens is 384 g/mol. The van der Waals surface area contributed by atoms with Gasteiger partial charge in [-0.05, 0) is 61.8 Å². The summed E-state index contributed by atoms with van der Waals surface area (Å²) in [5, 5.41) is 0. The van der Waals surface area contributed by atoms with Crippen LogP contribution in [0, 0.1) is 5.82 Å². The van der Waals surface area contributed by atoms with Gasteiger partial charge >= 0.3 is 6.18 Å². The fraction of sp³-hybridized carbons (Fsp3) is 0.455. The number of fused-ring (bicyclic) bond motifs is 1. The van der Waals surface area contributed by atoms with Gasteiger partial charge in [-0.3, -0.25) is 9.78 Å². The molecule has 7 heteroatoms. The fourth-order valence-corrected chi connectivity index (χ4v) is 4.59. The summed E-state index contributed by atoms with van der Waals surface area (Å²) >= 11 is 0. The first-order valence-corrected chi connectivity index (χ1v) is 9.89. The van der Waals surface area contributed by atoms with Crippen molar-refractivity contribution >= 4 is 5.91 Å². The van der Waals surface area contributed by atoms with Crippen molar-refractivity contribution in [3.63, 3.8) is 0 Å². The highest BCUT2D eigenvalue weighted by Gasteiger charge is 2.33. The molecule has 1 amide bonds. The molecule has 1 fully saturated rings. The molecule has 4 rings (SSSR count). The zero-order valence-corrected chi connectivity index (χ0v) is 16.1. The number of likely N-dealkylation sites (tertiary alicyclic amines) is 1. The van der Waals surface area contributed by atoms with E-state index in [4.69, 9.17) is 0 Å². The molecule has 1 unspecified atom stereocenters. The third kappa shape index (κ3) is 3.74. The van der Waals surface area contributed by atoms with Crippen LogP contribution in [-0.2, 0) is 17.4 Å². The summed E-state index contributed by atoms with van der Waals surface area (Å²) in [6.07, 6.45) is 2.45. The number of amides is 1. The second-order valence-electron chi connectivity index (χ2n) is 7.97. The van der Waals surface area contributed by atoms with Gasteiger partial charge < -0.3 is 4.90 Å². The maximum absolute atomic E-state index is 14.5. The van der Waals surface area contributed by atoms with Crippen LogP contribution in [0.25, 0.3) is 11.1 Å². The number of carbonyl (C=O) groups is 1. The molecule has 2 aliphatic rings. The van der Waals surface area contributed by atoms with E-state index in [-0.39, 0.29) is 23.4 Å². The lowest BCUT2D eigenvalue weighted by Crippen LogP contribution is -2.34. The number of benzene rings is 1. The molecule has 2 atom stereocenters. The number of rotatable bonds is 3. The first-order chi connectivity index (χ1) is 13.8. The minimum absolute atomic E-state index is 0.00950. The molecule has 2 aromatic rings. The first-order valence-electron chi connectivity index (χ1n) is 9.89. The minimum atomic E-state index is -4.59. The van der Waals surface area contributed by atoms with Gasteiger partial charge in [0.1, 0.15) is 5.82 Å². The Morgan fingerprint density at radius 3 is 2.66 bits per heavy atom. The Morgan fingerprint density at radius 1 is 1.21 bits per heavy atom. The quantitative estimate of drug-likeness (QED) is 0.645. The SMILES string of the molecule is C[C@H]1CCCN1C(=O)CC1CCc2c(-c3ccc(C(F)(F)F)cc3F)cncc21. The Labute approximate surface area is 166 Å². The topological polar surface area (TPSA) is 33.2 Å². The van der Waals surface area contributed by atoms with E-state index in [9.17, 15) is 22.4 Å². The Balaban J connectivity index is 1.61. The molecule has 29 heavy (non-hydrogen) atoms. The second kappa shape index (κ2) is 7.43. The summed E-state index contributed by atoms with van der Waals surface area (Å²) in [6.45, 7) is 2.84. The number of hydrogen-bond acceptors (Lipinski definition) is 2. The third-order valence-corrected chi connectivity index (χ3v) is 6.15. The van der Waals surface area contributed by atoms with Crippen LogP contribution in [0.4, 0.5) is 17.6 Å². The standard InChI is InChI=1S/C22H22F4N2O/c1-13-3-2-8-28(13)21(29)9-14-4-6-16-18(14)11-27-12-19(16)17-7-5-15(10-20(17)23)22(24,25)26/h5,7,10-14H,2-4,6,8-9H2,1H3/t13-,14?/m0/s1. The summed E-state index contributed by atoms with van der Waals surface area (Å²) in [6, 6.07) is 2.84. The molecule has 154 valence electrons. The van der Waals surface area contributed by atoms with Crippen LogP contribution in [0.15, 0.2) is 30.6 Å². The van der Waals surface area contributed by atoms with Gasteiger partial charge in [-0.15, -0.1) is 0 Å². The van der Waals surface area contributed by atoms with Gasteiger partial charge in [0.05, 0.1) is 5.56 Å². The summed E-state index contributed by atoms with van der Waals surface area (Å²) in [5.74, 6) is -0.783. The molecule has 0 saturated carbocycles. The normalized spacial score (nSPS) is 21.5. The van der Waals surface area contributed by atoms with E-state index in [0.717, 1.165) is 43.0 Å². The van der Waals surface area contributed by atoms with Crippen molar-refractivity contribution in [3.05, 3.63) is 53.1 Å². The fourth-order valence-electron chi connectivity index (χ4n) is 4.59. The zero-order chi connectivity index (χ0) is 20.8. The molecule has 1 saturated heterocycles. The van der Waals surface area contributed by atoms with E-state index in [1.807, 2.05) is 4.90 Å². The number of halogens is 4. The Kier molecular flexibility index (Phi) is 5.09. The molecule has 2 heterocycles. The predicted octanol–water partition coefficient (Wildman–Crippen LogP) is 5.34. The van der Waals surface area contributed by atoms with Gasteiger partial charge in [0.15, 0.2) is 0 Å². The minimum Gasteiger partial charge on any atom is -0.340 e. The Hall–Kier alpha value is -2.44. The maximum atomic E-state index is 14.5. The number of aromatic nitrogens is 1. The van der Waals surface area contributed by atoms with Crippen molar-refractivity contribution in [2.45, 2.75) is 57.2 Å². The monoisotopic (exact) mass is 406 g/mol. The van der Waals surface area contributed by atoms with Gasteiger partial charge in [0, 0.05) is 42.5 Å². The number of carbonyl (C=O) groups excluding carboxylic acids is 1. The summed E-state index contributed by atoms with van der Waals surface area (Å²) < 4.78 is 53.0. The lowest BCUT2D eigenvalue weighted by atomic mass is 9.95. The lowest BCUT2D eigenvalue weighted by Gasteiger charge is -2.23. The van der Waals surface area contributed by atoms with Crippen LogP contribution in [-0.4, -0.2) is 28.4 Å². The summed E-state index contributed by atoms with van der Waals surface area (Å²) in [4.78, 5) is 18.8. The largest absolute Gasteiger partial charge is 0.416 e. The summed E-state index contributed by atoms with van der Waals surface area (Å²) in [5.41, 5.74) is 1.40. The molecule has 1 aliphatic heterocycles. The first kappa shape index (κ1) is 19.9. The van der Waals surface area contributed by atoms with Gasteiger partial charge in [0.2, 0.25) is 5.91 Å². The van der Waals surface area contributed by atoms with Crippen LogP contribution in [0.3, 0.4) is 0 Å². The van der Waals surface area contributed by atoms with Crippen molar-refractivity contribution in [1.29, 1.82) is 0 Å². The van der Waals surface area contributed by atoms with Gasteiger partial charge in [-0.2, -0.15) is 13.2 Å². The molecule has 1 aromatic carbocycles. The van der Waals surface area contributed by atoms with Crippen molar-refractivity contribution < 1.29 is 22.4 Å². The van der Waals surface area contributed by atoms with E-state index < -0.39 is 17.6 Å². The molecular formula is C22H22F4N2O. The molecule has 0 N–H and O–H groups in total. The van der Waals surface area contributed by atoms with Gasteiger partial charge in [0.25, 0.3) is 0 Å². The van der Waals surface area contributed by atoms with Crippen molar-refractivity contribution in [1.82, 2.24) is 9.88 Å². The molecule has 0 radical (unpaired) electrons. The van der Waals surface area contributed by atoms with Crippen LogP contribution in [0.5, 0.6) is 0 Å². The predicted molar refractivity (Wildman–Crippen MR) is 101 cm³/mol. The Morgan fingerprint density at radius 2 is 2.00 bits per heavy atom. The van der Waals surface area contributed by atoms with Crippen LogP contribution < -0.4 is 0 Å². The van der Waals surface area contributed by atoms with Crippen molar-refractivity contribution in [3.8, 4) is 11.1 Å². The van der Waals surface area contributed by atoms with E-state index in [1.54, 1.807) is 6.20 Å². The van der Waals surface area contributed by atoms with Gasteiger partial charge in [-0.1, -0.05) is 6.07 Å². The molecule has 1 aromatic heterocycles. The molecule has 3 nitrogen and oxygen atoms in total. The number of nitrogens with zero attached hydrogens (tertiary/aromatic N) is 2. The smallest absolute Gasteiger partial charge is 0.340 e. The van der Waals surface area contributed by atoms with Gasteiger partial charge in [-0.25, -0.2) is 4.39 Å².